The number of carboxylic acid groups (broad SMARTS) is 1. The molecular weight excluding hydrogens is 268 g/mol. The van der Waals surface area contributed by atoms with Gasteiger partial charge in [0, 0.05) is 18.6 Å². The molecule has 1 heterocycles. The number of hydrogen-bond donors (Lipinski definition) is 2. The Labute approximate surface area is 124 Å². The van der Waals surface area contributed by atoms with Crippen molar-refractivity contribution in [3.05, 3.63) is 29.6 Å². The fourth-order valence-corrected chi connectivity index (χ4v) is 2.49. The molecule has 5 nitrogen and oxygen atoms in total. The van der Waals surface area contributed by atoms with Crippen LogP contribution in [0.25, 0.3) is 11.0 Å². The van der Waals surface area contributed by atoms with Gasteiger partial charge in [-0.05, 0) is 31.0 Å². The highest BCUT2D eigenvalue weighted by atomic mass is 16.4. The van der Waals surface area contributed by atoms with E-state index < -0.39 is 5.97 Å². The van der Waals surface area contributed by atoms with Crippen LogP contribution in [0.1, 0.15) is 55.8 Å². The first-order valence-corrected chi connectivity index (χ1v) is 7.22. The molecule has 2 aromatic rings. The minimum atomic E-state index is -0.950. The van der Waals surface area contributed by atoms with E-state index in [0.29, 0.717) is 5.52 Å². The summed E-state index contributed by atoms with van der Waals surface area (Å²) in [6, 6.07) is 5.10. The van der Waals surface area contributed by atoms with E-state index in [1.807, 2.05) is 6.92 Å². The quantitative estimate of drug-likeness (QED) is 0.887. The summed E-state index contributed by atoms with van der Waals surface area (Å²) < 4.78 is 2.12. The summed E-state index contributed by atoms with van der Waals surface area (Å²) in [6.45, 7) is 8.27. The molecule has 21 heavy (non-hydrogen) atoms. The molecule has 2 unspecified atom stereocenters. The van der Waals surface area contributed by atoms with Gasteiger partial charge in [0.05, 0.1) is 16.6 Å². The fourth-order valence-electron chi connectivity index (χ4n) is 2.49. The van der Waals surface area contributed by atoms with E-state index >= 15 is 0 Å². The molecule has 0 aliphatic carbocycles. The van der Waals surface area contributed by atoms with Crippen LogP contribution in [0.15, 0.2) is 18.2 Å². The van der Waals surface area contributed by atoms with Crippen LogP contribution in [-0.2, 0) is 0 Å². The molecule has 0 aliphatic rings. The van der Waals surface area contributed by atoms with Crippen molar-refractivity contribution in [1.82, 2.24) is 9.55 Å². The number of benzene rings is 1. The van der Waals surface area contributed by atoms with Crippen LogP contribution in [0, 0.1) is 5.92 Å². The molecule has 0 saturated carbocycles. The highest BCUT2D eigenvalue weighted by Crippen LogP contribution is 2.29. The van der Waals surface area contributed by atoms with Crippen molar-refractivity contribution in [3.63, 3.8) is 0 Å². The molecule has 2 rings (SSSR count). The van der Waals surface area contributed by atoms with E-state index in [1.165, 1.54) is 0 Å². The lowest BCUT2D eigenvalue weighted by Gasteiger charge is -2.23. The first-order chi connectivity index (χ1) is 9.86. The van der Waals surface area contributed by atoms with E-state index in [4.69, 9.17) is 5.11 Å². The second-order valence-corrected chi connectivity index (χ2v) is 5.90. The summed E-state index contributed by atoms with van der Waals surface area (Å²) in [4.78, 5) is 15.7. The first-order valence-electron chi connectivity index (χ1n) is 7.22. The molecule has 0 aliphatic heterocycles. The highest BCUT2D eigenvalue weighted by Gasteiger charge is 2.22. The Hall–Kier alpha value is -1.88. The van der Waals surface area contributed by atoms with Crippen LogP contribution in [0.2, 0.25) is 0 Å². The number of nitrogens with zero attached hydrogens (tertiary/aromatic N) is 2. The summed E-state index contributed by atoms with van der Waals surface area (Å²) in [5, 5.41) is 18.5. The molecule has 0 amide bonds. The van der Waals surface area contributed by atoms with Crippen LogP contribution >= 0.6 is 0 Å². The van der Waals surface area contributed by atoms with E-state index in [9.17, 15) is 9.90 Å². The molecule has 0 bridgehead atoms. The van der Waals surface area contributed by atoms with Gasteiger partial charge in [-0.25, -0.2) is 9.78 Å². The van der Waals surface area contributed by atoms with Crippen LogP contribution < -0.4 is 0 Å². The van der Waals surface area contributed by atoms with Gasteiger partial charge in [0.2, 0.25) is 0 Å². The SMILES string of the molecule is CC(C)c1nc2cc(C(=O)O)ccc2n1C(C)C(C)CO. The first kappa shape index (κ1) is 15.5. The van der Waals surface area contributed by atoms with Gasteiger partial charge in [0.15, 0.2) is 0 Å². The number of aliphatic hydroxyl groups is 1. The molecule has 114 valence electrons. The number of aliphatic hydroxyl groups excluding tert-OH is 1. The van der Waals surface area contributed by atoms with Crippen LogP contribution in [0.4, 0.5) is 0 Å². The average Bonchev–Trinajstić information content (AvgIpc) is 2.84. The summed E-state index contributed by atoms with van der Waals surface area (Å²) in [5.41, 5.74) is 1.84. The predicted octanol–water partition coefficient (Wildman–Crippen LogP) is 3.05. The predicted molar refractivity (Wildman–Crippen MR) is 81.7 cm³/mol. The third-order valence-corrected chi connectivity index (χ3v) is 4.00. The average molecular weight is 290 g/mol. The van der Waals surface area contributed by atoms with Crippen molar-refractivity contribution in [1.29, 1.82) is 0 Å². The molecule has 0 radical (unpaired) electrons. The standard InChI is InChI=1S/C16H22N2O3/c1-9(2)15-17-13-7-12(16(20)21)5-6-14(13)18(15)11(4)10(3)8-19/h5-7,9-11,19H,8H2,1-4H3,(H,20,21). The minimum absolute atomic E-state index is 0.0908. The number of carbonyl (C=O) groups is 1. The lowest BCUT2D eigenvalue weighted by molar-refractivity contribution is 0.0697. The maximum atomic E-state index is 11.1. The topological polar surface area (TPSA) is 75.3 Å². The largest absolute Gasteiger partial charge is 0.478 e. The molecule has 2 atom stereocenters. The molecule has 1 aromatic heterocycles. The number of aromatic nitrogens is 2. The monoisotopic (exact) mass is 290 g/mol. The van der Waals surface area contributed by atoms with E-state index in [-0.39, 0.29) is 30.0 Å². The van der Waals surface area contributed by atoms with E-state index in [1.54, 1.807) is 18.2 Å². The maximum absolute atomic E-state index is 11.1. The number of imidazole rings is 1. The van der Waals surface area contributed by atoms with Gasteiger partial charge in [-0.15, -0.1) is 0 Å². The summed E-state index contributed by atoms with van der Waals surface area (Å²) in [6.07, 6.45) is 0. The van der Waals surface area contributed by atoms with Gasteiger partial charge in [0.25, 0.3) is 0 Å². The Kier molecular flexibility index (Phi) is 4.32. The van der Waals surface area contributed by atoms with Crippen molar-refractivity contribution in [2.75, 3.05) is 6.61 Å². The van der Waals surface area contributed by atoms with Crippen molar-refractivity contribution < 1.29 is 15.0 Å². The van der Waals surface area contributed by atoms with Gasteiger partial charge in [-0.2, -0.15) is 0 Å². The third kappa shape index (κ3) is 2.78. The van der Waals surface area contributed by atoms with Crippen LogP contribution in [0.3, 0.4) is 0 Å². The van der Waals surface area contributed by atoms with E-state index in [2.05, 4.69) is 30.3 Å². The maximum Gasteiger partial charge on any atom is 0.335 e. The molecule has 0 fully saturated rings. The normalized spacial score (nSPS) is 14.6. The second kappa shape index (κ2) is 5.85. The van der Waals surface area contributed by atoms with Gasteiger partial charge < -0.3 is 14.8 Å². The van der Waals surface area contributed by atoms with Crippen LogP contribution in [0.5, 0.6) is 0 Å². The summed E-state index contributed by atoms with van der Waals surface area (Å²) in [5.74, 6) is 0.285. The Bertz CT molecular complexity index is 661. The van der Waals surface area contributed by atoms with Crippen molar-refractivity contribution in [3.8, 4) is 0 Å². The zero-order valence-electron chi connectivity index (χ0n) is 12.9. The lowest BCUT2D eigenvalue weighted by atomic mass is 10.0. The Morgan fingerprint density at radius 2 is 1.95 bits per heavy atom. The number of rotatable bonds is 5. The Morgan fingerprint density at radius 1 is 1.29 bits per heavy atom. The van der Waals surface area contributed by atoms with Crippen molar-refractivity contribution >= 4 is 17.0 Å². The summed E-state index contributed by atoms with van der Waals surface area (Å²) >= 11 is 0. The number of hydrogen-bond acceptors (Lipinski definition) is 3. The Balaban J connectivity index is 2.66. The fraction of sp³-hybridized carbons (Fsp3) is 0.500. The zero-order chi connectivity index (χ0) is 15.7. The highest BCUT2D eigenvalue weighted by molar-refractivity contribution is 5.92. The molecule has 0 saturated heterocycles. The minimum Gasteiger partial charge on any atom is -0.478 e. The van der Waals surface area contributed by atoms with E-state index in [0.717, 1.165) is 11.3 Å². The van der Waals surface area contributed by atoms with Gasteiger partial charge in [-0.1, -0.05) is 20.8 Å². The molecule has 1 aromatic carbocycles. The molecule has 0 spiro atoms. The third-order valence-electron chi connectivity index (χ3n) is 4.00. The summed E-state index contributed by atoms with van der Waals surface area (Å²) in [7, 11) is 0. The van der Waals surface area contributed by atoms with Gasteiger partial charge in [0.1, 0.15) is 5.82 Å². The number of fused-ring (bicyclic) bond motifs is 1. The molecule has 2 N–H and O–H groups in total. The Morgan fingerprint density at radius 3 is 2.48 bits per heavy atom. The lowest BCUT2D eigenvalue weighted by Crippen LogP contribution is -2.19. The van der Waals surface area contributed by atoms with Crippen molar-refractivity contribution in [2.45, 2.75) is 39.7 Å². The number of carboxylic acids is 1. The second-order valence-electron chi connectivity index (χ2n) is 5.90. The zero-order valence-corrected chi connectivity index (χ0v) is 12.9. The smallest absolute Gasteiger partial charge is 0.335 e. The van der Waals surface area contributed by atoms with Gasteiger partial charge >= 0.3 is 5.97 Å². The number of aromatic carboxylic acids is 1. The van der Waals surface area contributed by atoms with Crippen LogP contribution in [-0.4, -0.2) is 32.3 Å². The van der Waals surface area contributed by atoms with Gasteiger partial charge in [-0.3, -0.25) is 0 Å². The van der Waals surface area contributed by atoms with Crippen molar-refractivity contribution in [2.24, 2.45) is 5.92 Å². The molecular formula is C16H22N2O3. The molecule has 5 heteroatoms.